The molecule has 0 aromatic heterocycles. The van der Waals surface area contributed by atoms with E-state index in [1.807, 2.05) is 0 Å². The molecule has 0 spiro atoms. The zero-order valence-electron chi connectivity index (χ0n) is 12.3. The first-order valence-electron chi connectivity index (χ1n) is 7.55. The summed E-state index contributed by atoms with van der Waals surface area (Å²) >= 11 is 0. The van der Waals surface area contributed by atoms with Crippen LogP contribution in [0.2, 0.25) is 0 Å². The molecule has 0 amide bonds. The van der Waals surface area contributed by atoms with E-state index in [1.165, 1.54) is 37.7 Å². The summed E-state index contributed by atoms with van der Waals surface area (Å²) in [6, 6.07) is 11.5. The van der Waals surface area contributed by atoms with Crippen LogP contribution in [0, 0.1) is 5.92 Å². The molecule has 1 nitrogen and oxygen atoms in total. The molecule has 102 valence electrons. The molecule has 1 aromatic rings. The van der Waals surface area contributed by atoms with Crippen LogP contribution in [0.15, 0.2) is 30.3 Å². The standard InChI is InChI=1S/C17H29N/c1-4-14-18-17(5-2)15(3)10-9-13-16-11-7-6-8-12-16/h6-8,11-12,15,17-18H,4-5,9-10,13-14H2,1-3H3. The van der Waals surface area contributed by atoms with Gasteiger partial charge < -0.3 is 5.32 Å². The Hall–Kier alpha value is -0.820. The quantitative estimate of drug-likeness (QED) is 0.681. The van der Waals surface area contributed by atoms with Crippen molar-refractivity contribution in [1.82, 2.24) is 5.32 Å². The number of rotatable bonds is 9. The van der Waals surface area contributed by atoms with E-state index < -0.39 is 0 Å². The van der Waals surface area contributed by atoms with Crippen molar-refractivity contribution in [2.75, 3.05) is 6.54 Å². The maximum atomic E-state index is 3.67. The third-order valence-electron chi connectivity index (χ3n) is 3.75. The highest BCUT2D eigenvalue weighted by atomic mass is 14.9. The maximum absolute atomic E-state index is 3.67. The number of hydrogen-bond acceptors (Lipinski definition) is 1. The van der Waals surface area contributed by atoms with Crippen LogP contribution in [0.1, 0.15) is 52.0 Å². The number of nitrogens with one attached hydrogen (secondary N) is 1. The molecule has 0 heterocycles. The minimum atomic E-state index is 0.695. The molecule has 18 heavy (non-hydrogen) atoms. The first-order chi connectivity index (χ1) is 8.77. The van der Waals surface area contributed by atoms with E-state index in [2.05, 4.69) is 56.4 Å². The minimum Gasteiger partial charge on any atom is -0.314 e. The Bertz CT molecular complexity index is 294. The van der Waals surface area contributed by atoms with Crippen LogP contribution in [-0.2, 0) is 6.42 Å². The highest BCUT2D eigenvalue weighted by Crippen LogP contribution is 2.16. The van der Waals surface area contributed by atoms with E-state index in [0.29, 0.717) is 6.04 Å². The zero-order chi connectivity index (χ0) is 13.2. The summed E-state index contributed by atoms with van der Waals surface area (Å²) in [4.78, 5) is 0. The highest BCUT2D eigenvalue weighted by Gasteiger charge is 2.13. The molecule has 2 unspecified atom stereocenters. The molecule has 0 saturated carbocycles. The lowest BCUT2D eigenvalue weighted by Crippen LogP contribution is -2.34. The number of benzene rings is 1. The van der Waals surface area contributed by atoms with Gasteiger partial charge >= 0.3 is 0 Å². The summed E-state index contributed by atoms with van der Waals surface area (Å²) in [6.45, 7) is 8.07. The van der Waals surface area contributed by atoms with E-state index in [9.17, 15) is 0 Å². The zero-order valence-corrected chi connectivity index (χ0v) is 12.3. The smallest absolute Gasteiger partial charge is 0.00900 e. The van der Waals surface area contributed by atoms with Crippen LogP contribution in [0.5, 0.6) is 0 Å². The average Bonchev–Trinajstić information content (AvgIpc) is 2.41. The predicted molar refractivity (Wildman–Crippen MR) is 80.9 cm³/mol. The van der Waals surface area contributed by atoms with Crippen molar-refractivity contribution in [3.05, 3.63) is 35.9 Å². The van der Waals surface area contributed by atoms with Gasteiger partial charge in [0, 0.05) is 6.04 Å². The molecule has 0 radical (unpaired) electrons. The van der Waals surface area contributed by atoms with Gasteiger partial charge in [0.25, 0.3) is 0 Å². The van der Waals surface area contributed by atoms with Gasteiger partial charge in [0.15, 0.2) is 0 Å². The van der Waals surface area contributed by atoms with Gasteiger partial charge in [0.1, 0.15) is 0 Å². The average molecular weight is 247 g/mol. The van der Waals surface area contributed by atoms with Gasteiger partial charge in [0.2, 0.25) is 0 Å². The first-order valence-corrected chi connectivity index (χ1v) is 7.55. The maximum Gasteiger partial charge on any atom is 0.00900 e. The Labute approximate surface area is 113 Å². The molecule has 0 fully saturated rings. The monoisotopic (exact) mass is 247 g/mol. The Kier molecular flexibility index (Phi) is 7.75. The summed E-state index contributed by atoms with van der Waals surface area (Å²) in [5.41, 5.74) is 1.47. The second kappa shape index (κ2) is 9.16. The van der Waals surface area contributed by atoms with Crippen molar-refractivity contribution in [2.24, 2.45) is 5.92 Å². The molecular weight excluding hydrogens is 218 g/mol. The minimum absolute atomic E-state index is 0.695. The van der Waals surface area contributed by atoms with Gasteiger partial charge in [-0.1, -0.05) is 51.1 Å². The molecule has 0 bridgehead atoms. The van der Waals surface area contributed by atoms with Gasteiger partial charge in [-0.2, -0.15) is 0 Å². The van der Waals surface area contributed by atoms with Crippen LogP contribution in [0.3, 0.4) is 0 Å². The van der Waals surface area contributed by atoms with E-state index in [0.717, 1.165) is 12.5 Å². The summed E-state index contributed by atoms with van der Waals surface area (Å²) < 4.78 is 0. The third-order valence-corrected chi connectivity index (χ3v) is 3.75. The molecule has 0 aliphatic rings. The fraction of sp³-hybridized carbons (Fsp3) is 0.647. The lowest BCUT2D eigenvalue weighted by molar-refractivity contribution is 0.342. The van der Waals surface area contributed by atoms with Gasteiger partial charge in [0.05, 0.1) is 0 Å². The van der Waals surface area contributed by atoms with E-state index >= 15 is 0 Å². The fourth-order valence-electron chi connectivity index (χ4n) is 2.55. The summed E-state index contributed by atoms with van der Waals surface area (Å²) in [7, 11) is 0. The van der Waals surface area contributed by atoms with Crippen molar-refractivity contribution < 1.29 is 0 Å². The Balaban J connectivity index is 2.24. The first kappa shape index (κ1) is 15.2. The van der Waals surface area contributed by atoms with E-state index in [1.54, 1.807) is 0 Å². The summed E-state index contributed by atoms with van der Waals surface area (Å²) in [5.74, 6) is 0.783. The van der Waals surface area contributed by atoms with Gasteiger partial charge in [-0.15, -0.1) is 0 Å². The van der Waals surface area contributed by atoms with Crippen molar-refractivity contribution in [3.63, 3.8) is 0 Å². The number of aryl methyl sites for hydroxylation is 1. The van der Waals surface area contributed by atoms with Crippen molar-refractivity contribution in [1.29, 1.82) is 0 Å². The Morgan fingerprint density at radius 3 is 2.44 bits per heavy atom. The SMILES string of the molecule is CCCNC(CC)C(C)CCCc1ccccc1. The molecule has 1 heteroatoms. The molecule has 2 atom stereocenters. The van der Waals surface area contributed by atoms with Crippen molar-refractivity contribution in [3.8, 4) is 0 Å². The molecule has 0 saturated heterocycles. The normalized spacial score (nSPS) is 14.4. The number of hydrogen-bond donors (Lipinski definition) is 1. The van der Waals surface area contributed by atoms with Crippen LogP contribution >= 0.6 is 0 Å². The van der Waals surface area contributed by atoms with Gasteiger partial charge in [-0.25, -0.2) is 0 Å². The van der Waals surface area contributed by atoms with Gasteiger partial charge in [-0.3, -0.25) is 0 Å². The Morgan fingerprint density at radius 1 is 1.11 bits per heavy atom. The summed E-state index contributed by atoms with van der Waals surface area (Å²) in [6.07, 6.45) is 6.31. The lowest BCUT2D eigenvalue weighted by atomic mass is 9.93. The van der Waals surface area contributed by atoms with Gasteiger partial charge in [-0.05, 0) is 50.1 Å². The molecule has 0 aliphatic carbocycles. The third kappa shape index (κ3) is 5.68. The molecule has 0 aliphatic heterocycles. The molecule has 1 rings (SSSR count). The molecular formula is C17H29N. The molecule has 1 aromatic carbocycles. The fourth-order valence-corrected chi connectivity index (χ4v) is 2.55. The van der Waals surface area contributed by atoms with Crippen molar-refractivity contribution in [2.45, 2.75) is 58.9 Å². The predicted octanol–water partition coefficient (Wildman–Crippen LogP) is 4.42. The van der Waals surface area contributed by atoms with Crippen LogP contribution in [0.4, 0.5) is 0 Å². The summed E-state index contributed by atoms with van der Waals surface area (Å²) in [5, 5.41) is 3.67. The molecule has 1 N–H and O–H groups in total. The van der Waals surface area contributed by atoms with Crippen LogP contribution in [0.25, 0.3) is 0 Å². The topological polar surface area (TPSA) is 12.0 Å². The lowest BCUT2D eigenvalue weighted by Gasteiger charge is -2.24. The van der Waals surface area contributed by atoms with Crippen LogP contribution in [-0.4, -0.2) is 12.6 Å². The second-order valence-electron chi connectivity index (χ2n) is 5.32. The largest absolute Gasteiger partial charge is 0.314 e. The second-order valence-corrected chi connectivity index (χ2v) is 5.32. The highest BCUT2D eigenvalue weighted by molar-refractivity contribution is 5.14. The Morgan fingerprint density at radius 2 is 1.83 bits per heavy atom. The van der Waals surface area contributed by atoms with E-state index in [-0.39, 0.29) is 0 Å². The van der Waals surface area contributed by atoms with Crippen LogP contribution < -0.4 is 5.32 Å². The van der Waals surface area contributed by atoms with Crippen molar-refractivity contribution >= 4 is 0 Å². The van der Waals surface area contributed by atoms with E-state index in [4.69, 9.17) is 0 Å².